The molecule has 0 unspecified atom stereocenters. The van der Waals surface area contributed by atoms with Crippen LogP contribution in [0.2, 0.25) is 0 Å². The third kappa shape index (κ3) is 4.76. The molecule has 0 saturated heterocycles. The van der Waals surface area contributed by atoms with Crippen LogP contribution in [0.3, 0.4) is 0 Å². The molecule has 0 radical (unpaired) electrons. The van der Waals surface area contributed by atoms with Crippen molar-refractivity contribution in [1.82, 2.24) is 5.32 Å². The smallest absolute Gasteiger partial charge is 0.251 e. The number of carbonyl (C=O) groups excluding carboxylic acids is 1. The Morgan fingerprint density at radius 1 is 1.32 bits per heavy atom. The van der Waals surface area contributed by atoms with E-state index in [0.717, 1.165) is 24.4 Å². The molecule has 3 N–H and O–H groups in total. The van der Waals surface area contributed by atoms with Crippen LogP contribution in [0.5, 0.6) is 0 Å². The topological polar surface area (TPSA) is 55.1 Å². The normalized spacial score (nSPS) is 13.5. The second-order valence-corrected chi connectivity index (χ2v) is 4.92. The van der Waals surface area contributed by atoms with Gasteiger partial charge in [0.2, 0.25) is 0 Å². The van der Waals surface area contributed by atoms with Crippen molar-refractivity contribution in [3.8, 4) is 11.8 Å². The SMILES string of the molecule is NCC#Cc1ccc(C(=O)NCCCC2CC2)cc1. The molecule has 0 heterocycles. The van der Waals surface area contributed by atoms with Crippen LogP contribution in [0.4, 0.5) is 0 Å². The summed E-state index contributed by atoms with van der Waals surface area (Å²) >= 11 is 0. The number of nitrogens with one attached hydrogen (secondary N) is 1. The van der Waals surface area contributed by atoms with Gasteiger partial charge in [-0.1, -0.05) is 24.7 Å². The number of carbonyl (C=O) groups is 1. The molecule has 0 spiro atoms. The van der Waals surface area contributed by atoms with E-state index >= 15 is 0 Å². The Morgan fingerprint density at radius 3 is 2.68 bits per heavy atom. The summed E-state index contributed by atoms with van der Waals surface area (Å²) in [5, 5.41) is 2.95. The van der Waals surface area contributed by atoms with Crippen LogP contribution in [0.25, 0.3) is 0 Å². The first kappa shape index (κ1) is 13.6. The molecule has 19 heavy (non-hydrogen) atoms. The minimum Gasteiger partial charge on any atom is -0.352 e. The summed E-state index contributed by atoms with van der Waals surface area (Å²) in [5.74, 6) is 6.65. The van der Waals surface area contributed by atoms with Crippen molar-refractivity contribution in [2.75, 3.05) is 13.1 Å². The van der Waals surface area contributed by atoms with Gasteiger partial charge in [-0.3, -0.25) is 4.79 Å². The molecular weight excluding hydrogens is 236 g/mol. The average Bonchev–Trinajstić information content (AvgIpc) is 3.26. The van der Waals surface area contributed by atoms with Crippen molar-refractivity contribution < 1.29 is 4.79 Å². The zero-order valence-electron chi connectivity index (χ0n) is 11.1. The van der Waals surface area contributed by atoms with E-state index in [4.69, 9.17) is 5.73 Å². The number of hydrogen-bond donors (Lipinski definition) is 2. The van der Waals surface area contributed by atoms with Gasteiger partial charge in [0, 0.05) is 17.7 Å². The fraction of sp³-hybridized carbons (Fsp3) is 0.438. The number of benzene rings is 1. The van der Waals surface area contributed by atoms with Gasteiger partial charge in [0.15, 0.2) is 0 Å². The first-order valence-electron chi connectivity index (χ1n) is 6.87. The standard InChI is InChI=1S/C16H20N2O/c17-11-1-3-13-7-9-15(10-8-13)16(19)18-12-2-4-14-5-6-14/h7-10,14H,2,4-6,11-12,17H2,(H,18,19). The van der Waals surface area contributed by atoms with Gasteiger partial charge >= 0.3 is 0 Å². The molecule has 1 aliphatic rings. The summed E-state index contributed by atoms with van der Waals surface area (Å²) in [5.41, 5.74) is 6.88. The molecule has 1 aromatic carbocycles. The Balaban J connectivity index is 1.77. The lowest BCUT2D eigenvalue weighted by Gasteiger charge is -2.04. The van der Waals surface area contributed by atoms with Crippen molar-refractivity contribution in [2.45, 2.75) is 25.7 Å². The number of amides is 1. The van der Waals surface area contributed by atoms with E-state index in [-0.39, 0.29) is 5.91 Å². The largest absolute Gasteiger partial charge is 0.352 e. The molecule has 1 aliphatic carbocycles. The number of hydrogen-bond acceptors (Lipinski definition) is 2. The Morgan fingerprint density at radius 2 is 2.05 bits per heavy atom. The molecule has 0 atom stereocenters. The van der Waals surface area contributed by atoms with Crippen LogP contribution in [-0.4, -0.2) is 19.0 Å². The molecule has 3 heteroatoms. The second kappa shape index (κ2) is 6.96. The molecule has 1 amide bonds. The van der Waals surface area contributed by atoms with E-state index in [1.165, 1.54) is 19.3 Å². The zero-order chi connectivity index (χ0) is 13.5. The minimum absolute atomic E-state index is 0.00543. The van der Waals surface area contributed by atoms with Crippen molar-refractivity contribution in [3.63, 3.8) is 0 Å². The highest BCUT2D eigenvalue weighted by Crippen LogP contribution is 2.33. The van der Waals surface area contributed by atoms with Crippen LogP contribution in [0.1, 0.15) is 41.6 Å². The minimum atomic E-state index is -0.00543. The van der Waals surface area contributed by atoms with Crippen LogP contribution in [0.15, 0.2) is 24.3 Å². The van der Waals surface area contributed by atoms with E-state index in [0.29, 0.717) is 12.1 Å². The van der Waals surface area contributed by atoms with Gasteiger partial charge in [-0.2, -0.15) is 0 Å². The summed E-state index contributed by atoms with van der Waals surface area (Å²) in [6.45, 7) is 1.12. The number of rotatable bonds is 5. The van der Waals surface area contributed by atoms with E-state index in [2.05, 4.69) is 17.2 Å². The van der Waals surface area contributed by atoms with Gasteiger partial charge in [-0.15, -0.1) is 0 Å². The van der Waals surface area contributed by atoms with Crippen LogP contribution in [0, 0.1) is 17.8 Å². The summed E-state index contributed by atoms with van der Waals surface area (Å²) in [6.07, 6.45) is 5.07. The Hall–Kier alpha value is -1.79. The molecule has 0 bridgehead atoms. The quantitative estimate of drug-likeness (QED) is 0.624. The summed E-state index contributed by atoms with van der Waals surface area (Å²) < 4.78 is 0. The predicted octanol–water partition coefficient (Wildman–Crippen LogP) is 1.92. The molecule has 3 nitrogen and oxygen atoms in total. The lowest BCUT2D eigenvalue weighted by atomic mass is 10.1. The molecule has 0 aromatic heterocycles. The maximum atomic E-state index is 11.9. The molecular formula is C16H20N2O. The Kier molecular flexibility index (Phi) is 5.00. The highest BCUT2D eigenvalue weighted by Gasteiger charge is 2.20. The Bertz CT molecular complexity index is 478. The van der Waals surface area contributed by atoms with E-state index in [1.54, 1.807) is 12.1 Å². The zero-order valence-corrected chi connectivity index (χ0v) is 11.1. The Labute approximate surface area is 114 Å². The first-order valence-corrected chi connectivity index (χ1v) is 6.87. The molecule has 1 saturated carbocycles. The third-order valence-corrected chi connectivity index (χ3v) is 3.25. The predicted molar refractivity (Wildman–Crippen MR) is 76.7 cm³/mol. The van der Waals surface area contributed by atoms with Crippen molar-refractivity contribution in [2.24, 2.45) is 11.7 Å². The van der Waals surface area contributed by atoms with Crippen LogP contribution >= 0.6 is 0 Å². The average molecular weight is 256 g/mol. The van der Waals surface area contributed by atoms with Gasteiger partial charge in [0.05, 0.1) is 6.54 Å². The fourth-order valence-corrected chi connectivity index (χ4v) is 1.96. The fourth-order valence-electron chi connectivity index (χ4n) is 1.96. The van der Waals surface area contributed by atoms with Crippen molar-refractivity contribution in [3.05, 3.63) is 35.4 Å². The van der Waals surface area contributed by atoms with Crippen LogP contribution < -0.4 is 11.1 Å². The van der Waals surface area contributed by atoms with Gasteiger partial charge in [0.25, 0.3) is 5.91 Å². The maximum Gasteiger partial charge on any atom is 0.251 e. The second-order valence-electron chi connectivity index (χ2n) is 4.92. The van der Waals surface area contributed by atoms with Gasteiger partial charge < -0.3 is 11.1 Å². The van der Waals surface area contributed by atoms with Crippen molar-refractivity contribution >= 4 is 5.91 Å². The summed E-state index contributed by atoms with van der Waals surface area (Å²) in [6, 6.07) is 7.30. The van der Waals surface area contributed by atoms with Gasteiger partial charge in [-0.05, 0) is 43.0 Å². The first-order chi connectivity index (χ1) is 9.29. The van der Waals surface area contributed by atoms with Gasteiger partial charge in [0.1, 0.15) is 0 Å². The monoisotopic (exact) mass is 256 g/mol. The molecule has 2 rings (SSSR count). The molecule has 1 aromatic rings. The lowest BCUT2D eigenvalue weighted by molar-refractivity contribution is 0.0953. The molecule has 0 aliphatic heterocycles. The molecule has 1 fully saturated rings. The van der Waals surface area contributed by atoms with Crippen molar-refractivity contribution in [1.29, 1.82) is 0 Å². The van der Waals surface area contributed by atoms with E-state index in [1.807, 2.05) is 12.1 Å². The molecule has 100 valence electrons. The summed E-state index contributed by atoms with van der Waals surface area (Å²) in [7, 11) is 0. The lowest BCUT2D eigenvalue weighted by Crippen LogP contribution is -2.24. The van der Waals surface area contributed by atoms with E-state index < -0.39 is 0 Å². The summed E-state index contributed by atoms with van der Waals surface area (Å²) in [4.78, 5) is 11.9. The highest BCUT2D eigenvalue weighted by atomic mass is 16.1. The maximum absolute atomic E-state index is 11.9. The third-order valence-electron chi connectivity index (χ3n) is 3.25. The van der Waals surface area contributed by atoms with E-state index in [9.17, 15) is 4.79 Å². The van der Waals surface area contributed by atoms with Gasteiger partial charge in [-0.25, -0.2) is 0 Å². The van der Waals surface area contributed by atoms with Crippen LogP contribution in [-0.2, 0) is 0 Å². The number of nitrogens with two attached hydrogens (primary N) is 1. The highest BCUT2D eigenvalue weighted by molar-refractivity contribution is 5.94.